The summed E-state index contributed by atoms with van der Waals surface area (Å²) in [6, 6.07) is 20.6. The second-order valence-electron chi connectivity index (χ2n) is 25.3. The van der Waals surface area contributed by atoms with Gasteiger partial charge >= 0.3 is 30.2 Å². The van der Waals surface area contributed by atoms with Gasteiger partial charge in [-0.3, -0.25) is 4.79 Å². The number of carbonyl (C=O) groups is 6. The fourth-order valence-electron chi connectivity index (χ4n) is 11.3. The fourth-order valence-corrected chi connectivity index (χ4v) is 11.3. The number of carboxylic acids is 1. The van der Waals surface area contributed by atoms with Gasteiger partial charge in [0.05, 0.1) is 30.0 Å². The molecule has 7 aromatic rings. The molecule has 2 aromatic heterocycles. The van der Waals surface area contributed by atoms with E-state index in [0.717, 1.165) is 45.2 Å². The Labute approximate surface area is 544 Å². The zero-order valence-electron chi connectivity index (χ0n) is 53.6. The van der Waals surface area contributed by atoms with Crippen molar-refractivity contribution >= 4 is 71.0 Å². The SMILES string of the molecule is Cc1ccc(C(=O)NCCc2ccc(F)cc2)cc1-c1nc(N2CCC(NC(=O)OC(C)(C)C)CC2)nc2c1CNC(=O)N2c1c(F)cccc1F.Cc1ccc(C(=O)O)cc1-c1nc(N2CCC(NC(=O)OC(C)(C)C)CC2)nc2c1CNC(=O)N2c1c(F)cccc1F. The molecule has 6 heterocycles. The Bertz CT molecular complexity index is 4070. The summed E-state index contributed by atoms with van der Waals surface area (Å²) in [5, 5.41) is 23.7. The molecule has 498 valence electrons. The zero-order chi connectivity index (χ0) is 68.2. The number of fused-ring (bicyclic) bond motifs is 2. The molecular weight excluding hydrogens is 1240 g/mol. The summed E-state index contributed by atoms with van der Waals surface area (Å²) in [4.78, 5) is 101. The van der Waals surface area contributed by atoms with Crippen molar-refractivity contribution in [3.63, 3.8) is 0 Å². The van der Waals surface area contributed by atoms with Gasteiger partial charge in [0.15, 0.2) is 11.6 Å². The minimum Gasteiger partial charge on any atom is -0.478 e. The van der Waals surface area contributed by atoms with E-state index in [4.69, 9.17) is 24.4 Å². The van der Waals surface area contributed by atoms with Crippen LogP contribution in [0.25, 0.3) is 22.5 Å². The van der Waals surface area contributed by atoms with Gasteiger partial charge in [0.25, 0.3) is 5.91 Å². The lowest BCUT2D eigenvalue weighted by Crippen LogP contribution is -2.47. The van der Waals surface area contributed by atoms with Crippen molar-refractivity contribution in [3.05, 3.63) is 165 Å². The third-order valence-corrected chi connectivity index (χ3v) is 16.0. The number of nitrogens with one attached hydrogen (secondary N) is 5. The average molecular weight is 1310 g/mol. The van der Waals surface area contributed by atoms with E-state index in [0.29, 0.717) is 110 Å². The number of rotatable bonds is 13. The first-order valence-corrected chi connectivity index (χ1v) is 30.9. The molecule has 7 amide bonds. The van der Waals surface area contributed by atoms with Gasteiger partial charge in [-0.25, -0.2) is 65.7 Å². The molecule has 0 spiro atoms. The van der Waals surface area contributed by atoms with Gasteiger partial charge in [-0.2, -0.15) is 9.97 Å². The normalized spacial score (nSPS) is 15.1. The summed E-state index contributed by atoms with van der Waals surface area (Å²) in [5.74, 6) is -5.21. The number of hydrogen-bond acceptors (Lipinski definition) is 14. The Morgan fingerprint density at radius 3 is 1.37 bits per heavy atom. The lowest BCUT2D eigenvalue weighted by Gasteiger charge is -2.35. The number of hydrogen-bond donors (Lipinski definition) is 6. The van der Waals surface area contributed by atoms with Gasteiger partial charge < -0.3 is 51.0 Å². The molecule has 22 nitrogen and oxygen atoms in total. The number of ether oxygens (including phenoxy) is 2. The average Bonchev–Trinajstić information content (AvgIpc) is 0.752. The van der Waals surface area contributed by atoms with E-state index in [9.17, 15) is 38.3 Å². The van der Waals surface area contributed by atoms with Gasteiger partial charge in [0, 0.05) is 72.6 Å². The number of para-hydroxylation sites is 2. The third-order valence-electron chi connectivity index (χ3n) is 16.0. The number of anilines is 6. The van der Waals surface area contributed by atoms with Crippen LogP contribution in [0.3, 0.4) is 0 Å². The molecule has 0 saturated carbocycles. The van der Waals surface area contributed by atoms with Gasteiger partial charge in [0.2, 0.25) is 11.9 Å². The van der Waals surface area contributed by atoms with Crippen LogP contribution in [0.2, 0.25) is 0 Å². The summed E-state index contributed by atoms with van der Waals surface area (Å²) in [5.41, 5.74) is 2.80. The van der Waals surface area contributed by atoms with Crippen LogP contribution in [0, 0.1) is 42.9 Å². The van der Waals surface area contributed by atoms with Crippen molar-refractivity contribution in [1.29, 1.82) is 0 Å². The summed E-state index contributed by atoms with van der Waals surface area (Å²) in [6.45, 7) is 16.3. The monoisotopic (exact) mass is 1310 g/mol. The Hall–Kier alpha value is -10.5. The maximum atomic E-state index is 15.2. The Kier molecular flexibility index (Phi) is 19.9. The van der Waals surface area contributed by atoms with E-state index in [-0.39, 0.29) is 66.0 Å². The zero-order valence-corrected chi connectivity index (χ0v) is 53.6. The van der Waals surface area contributed by atoms with Crippen LogP contribution in [0.5, 0.6) is 0 Å². The standard InChI is InChI=1S/C38H40F3N7O4.C30H32F2N6O5/c1-22-8-11-24(34(49)42-17-14-23-9-12-25(39)13-10-23)20-27(22)31-28-21-43-36(50)48(32-29(40)6-5-7-30(32)41)33(28)46-35(45-31)47-18-15-26(16-19-47)44-37(51)52-38(2,3)4;1-16-8-9-17(26(39)40)14-19(16)23-20-15-33-28(41)38(24-21(31)6-5-7-22(24)32)25(20)36-27(35-23)37-12-10-18(11-13-37)34-29(42)43-30(2,3)4/h5-13,20,26H,14-19,21H2,1-4H3,(H,42,49)(H,43,50)(H,44,51);5-9,14,18H,10-13,15H2,1-4H3,(H,33,41)(H,34,42)(H,39,40). The third kappa shape index (κ3) is 15.8. The predicted molar refractivity (Wildman–Crippen MR) is 344 cm³/mol. The van der Waals surface area contributed by atoms with Crippen LogP contribution >= 0.6 is 0 Å². The number of benzene rings is 5. The molecule has 4 aliphatic rings. The number of aryl methyl sites for hydroxylation is 2. The first-order valence-electron chi connectivity index (χ1n) is 30.9. The van der Waals surface area contributed by atoms with Gasteiger partial charge in [0.1, 0.15) is 51.7 Å². The van der Waals surface area contributed by atoms with Crippen molar-refractivity contribution in [1.82, 2.24) is 46.5 Å². The number of halogens is 5. The molecule has 11 rings (SSSR count). The first kappa shape index (κ1) is 67.4. The number of amides is 7. The number of piperidine rings is 2. The van der Waals surface area contributed by atoms with Crippen LogP contribution in [-0.4, -0.2) is 117 Å². The van der Waals surface area contributed by atoms with Gasteiger partial charge in [-0.15, -0.1) is 0 Å². The van der Waals surface area contributed by atoms with Crippen molar-refractivity contribution in [2.24, 2.45) is 0 Å². The molecule has 0 unspecified atom stereocenters. The van der Waals surface area contributed by atoms with Gasteiger partial charge in [-0.05, 0) is 165 Å². The number of carboxylic acid groups (broad SMARTS) is 1. The lowest BCUT2D eigenvalue weighted by molar-refractivity contribution is 0.0485. The molecule has 27 heteroatoms. The van der Waals surface area contributed by atoms with Crippen molar-refractivity contribution < 1.29 is 65.3 Å². The van der Waals surface area contributed by atoms with E-state index in [1.807, 2.05) is 16.7 Å². The fraction of sp³-hybridized carbons (Fsp3) is 0.353. The van der Waals surface area contributed by atoms with Crippen LogP contribution in [-0.2, 0) is 29.0 Å². The van der Waals surface area contributed by atoms with Crippen molar-refractivity contribution in [3.8, 4) is 22.5 Å². The van der Waals surface area contributed by atoms with Crippen LogP contribution < -0.4 is 46.2 Å². The second kappa shape index (κ2) is 28.0. The molecule has 6 N–H and O–H groups in total. The highest BCUT2D eigenvalue weighted by molar-refractivity contribution is 6.04. The first-order chi connectivity index (χ1) is 45.1. The van der Waals surface area contributed by atoms with Crippen LogP contribution in [0.1, 0.15) is 116 Å². The Morgan fingerprint density at radius 1 is 0.568 bits per heavy atom. The molecule has 4 aliphatic heterocycles. The Balaban J connectivity index is 0.000000211. The molecule has 95 heavy (non-hydrogen) atoms. The number of aromatic nitrogens is 4. The number of alkyl carbamates (subject to hydrolysis) is 2. The molecule has 0 radical (unpaired) electrons. The lowest BCUT2D eigenvalue weighted by atomic mass is 9.97. The van der Waals surface area contributed by atoms with Crippen LogP contribution in [0.4, 0.5) is 76.0 Å². The summed E-state index contributed by atoms with van der Waals surface area (Å²) in [6.07, 6.45) is 1.62. The Morgan fingerprint density at radius 2 is 0.968 bits per heavy atom. The van der Waals surface area contributed by atoms with E-state index in [1.54, 1.807) is 84.9 Å². The largest absolute Gasteiger partial charge is 0.478 e. The number of nitrogens with zero attached hydrogens (tertiary/aromatic N) is 8. The molecule has 0 aliphatic carbocycles. The maximum Gasteiger partial charge on any atom is 0.407 e. The van der Waals surface area contributed by atoms with E-state index in [2.05, 4.69) is 31.6 Å². The molecule has 0 bridgehead atoms. The second-order valence-corrected chi connectivity index (χ2v) is 25.3. The molecule has 0 atom stereocenters. The molecule has 5 aromatic carbocycles. The van der Waals surface area contributed by atoms with Gasteiger partial charge in [-0.1, -0.05) is 36.4 Å². The highest BCUT2D eigenvalue weighted by Gasteiger charge is 2.38. The minimum absolute atomic E-state index is 0.00954. The van der Waals surface area contributed by atoms with Crippen LogP contribution in [0.15, 0.2) is 97.1 Å². The number of carbonyl (C=O) groups excluding carboxylic acids is 5. The molecule has 2 fully saturated rings. The topological polar surface area (TPSA) is 266 Å². The quantitative estimate of drug-likeness (QED) is 0.0586. The summed E-state index contributed by atoms with van der Waals surface area (Å²) < 4.78 is 84.6. The number of urea groups is 2. The van der Waals surface area contributed by atoms with E-state index in [1.165, 1.54) is 36.4 Å². The maximum absolute atomic E-state index is 15.2. The predicted octanol–water partition coefficient (Wildman–Crippen LogP) is 12.0. The molecule has 2 saturated heterocycles. The summed E-state index contributed by atoms with van der Waals surface area (Å²) >= 11 is 0. The van der Waals surface area contributed by atoms with Crippen molar-refractivity contribution in [2.75, 3.05) is 52.3 Å². The molecular formula is C68H72F5N13O9. The highest BCUT2D eigenvalue weighted by Crippen LogP contribution is 2.43. The number of aromatic carboxylic acids is 1. The summed E-state index contributed by atoms with van der Waals surface area (Å²) in [7, 11) is 0. The smallest absolute Gasteiger partial charge is 0.407 e. The van der Waals surface area contributed by atoms with Crippen molar-refractivity contribution in [2.45, 2.75) is 124 Å². The van der Waals surface area contributed by atoms with E-state index < -0.39 is 76.1 Å². The highest BCUT2D eigenvalue weighted by atomic mass is 19.1. The van der Waals surface area contributed by atoms with E-state index >= 15 is 17.6 Å². The minimum atomic E-state index is -1.13.